The second-order valence-corrected chi connectivity index (χ2v) is 7.03. The summed E-state index contributed by atoms with van der Waals surface area (Å²) in [5.74, 6) is -0.167. The van der Waals surface area contributed by atoms with Gasteiger partial charge < -0.3 is 0 Å². The molecule has 2 amide bonds. The molecule has 0 N–H and O–H groups in total. The zero-order valence-electron chi connectivity index (χ0n) is 11.1. The lowest BCUT2D eigenvalue weighted by molar-refractivity contribution is -0.140. The third-order valence-electron chi connectivity index (χ3n) is 4.64. The zero-order chi connectivity index (χ0) is 14.6. The fourth-order valence-electron chi connectivity index (χ4n) is 3.67. The molecule has 2 fully saturated rings. The van der Waals surface area contributed by atoms with Gasteiger partial charge in [0, 0.05) is 3.57 Å². The van der Waals surface area contributed by atoms with E-state index in [2.05, 4.69) is 39.8 Å². The Bertz CT molecular complexity index is 650. The van der Waals surface area contributed by atoms with Crippen molar-refractivity contribution in [1.82, 2.24) is 5.01 Å². The van der Waals surface area contributed by atoms with Crippen LogP contribution in [-0.2, 0) is 9.59 Å². The summed E-state index contributed by atoms with van der Waals surface area (Å²) in [4.78, 5) is 24.8. The van der Waals surface area contributed by atoms with Gasteiger partial charge in [-0.2, -0.15) is 10.1 Å². The van der Waals surface area contributed by atoms with E-state index in [0.29, 0.717) is 0 Å². The van der Waals surface area contributed by atoms with Crippen LogP contribution in [0.5, 0.6) is 0 Å². The van der Waals surface area contributed by atoms with Crippen molar-refractivity contribution in [3.8, 4) is 0 Å². The van der Waals surface area contributed by atoms with Crippen LogP contribution in [0.1, 0.15) is 12.0 Å². The largest absolute Gasteiger partial charge is 0.272 e. The van der Waals surface area contributed by atoms with E-state index in [9.17, 15) is 9.59 Å². The monoisotopic (exact) mass is 392 g/mol. The Morgan fingerprint density at radius 2 is 1.62 bits per heavy atom. The summed E-state index contributed by atoms with van der Waals surface area (Å²) in [5, 5.41) is 5.23. The van der Waals surface area contributed by atoms with Gasteiger partial charge >= 0.3 is 0 Å². The first-order chi connectivity index (χ1) is 10.1. The number of halogens is 1. The van der Waals surface area contributed by atoms with E-state index >= 15 is 0 Å². The predicted molar refractivity (Wildman–Crippen MR) is 86.3 cm³/mol. The van der Waals surface area contributed by atoms with Crippen LogP contribution in [0.3, 0.4) is 0 Å². The van der Waals surface area contributed by atoms with Gasteiger partial charge in [0.25, 0.3) is 11.8 Å². The average molecular weight is 392 g/mol. The Morgan fingerprint density at radius 1 is 1.05 bits per heavy atom. The van der Waals surface area contributed by atoms with Crippen molar-refractivity contribution in [2.45, 2.75) is 6.42 Å². The topological polar surface area (TPSA) is 49.7 Å². The molecule has 4 nitrogen and oxygen atoms in total. The maximum atomic E-state index is 12.4. The van der Waals surface area contributed by atoms with Crippen molar-refractivity contribution in [2.24, 2.45) is 28.8 Å². The minimum Gasteiger partial charge on any atom is -0.272 e. The predicted octanol–water partition coefficient (Wildman–Crippen LogP) is 2.43. The number of carbonyl (C=O) groups excluding carboxylic acids is 2. The maximum Gasteiger partial charge on any atom is 0.254 e. The van der Waals surface area contributed by atoms with E-state index in [4.69, 9.17) is 0 Å². The lowest BCUT2D eigenvalue weighted by Gasteiger charge is -2.13. The zero-order valence-corrected chi connectivity index (χ0v) is 13.3. The van der Waals surface area contributed by atoms with Crippen LogP contribution in [0, 0.1) is 27.2 Å². The van der Waals surface area contributed by atoms with Crippen molar-refractivity contribution < 1.29 is 9.59 Å². The molecule has 1 aliphatic heterocycles. The van der Waals surface area contributed by atoms with Gasteiger partial charge in [0.1, 0.15) is 0 Å². The number of imide groups is 1. The van der Waals surface area contributed by atoms with Crippen LogP contribution in [0.2, 0.25) is 0 Å². The summed E-state index contributed by atoms with van der Waals surface area (Å²) >= 11 is 2.23. The first-order valence-electron chi connectivity index (χ1n) is 7.01. The quantitative estimate of drug-likeness (QED) is 0.336. The number of carbonyl (C=O) groups is 2. The molecule has 2 bridgehead atoms. The minimum absolute atomic E-state index is 0.136. The van der Waals surface area contributed by atoms with Crippen molar-refractivity contribution >= 4 is 40.6 Å². The summed E-state index contributed by atoms with van der Waals surface area (Å²) in [6.45, 7) is 0. The second kappa shape index (κ2) is 4.76. The van der Waals surface area contributed by atoms with Gasteiger partial charge in [-0.15, -0.1) is 0 Å². The fourth-order valence-corrected chi connectivity index (χ4v) is 4.03. The molecule has 1 saturated carbocycles. The highest BCUT2D eigenvalue weighted by Gasteiger charge is 2.59. The minimum atomic E-state index is -0.179. The van der Waals surface area contributed by atoms with Crippen LogP contribution in [0.4, 0.5) is 0 Å². The van der Waals surface area contributed by atoms with Crippen molar-refractivity contribution in [2.75, 3.05) is 0 Å². The number of allylic oxidation sites excluding steroid dienone is 2. The fraction of sp³-hybridized carbons (Fsp3) is 0.312. The van der Waals surface area contributed by atoms with Crippen LogP contribution >= 0.6 is 22.6 Å². The third kappa shape index (κ3) is 1.97. The van der Waals surface area contributed by atoms with Gasteiger partial charge in [0.15, 0.2) is 0 Å². The number of hydrogen-bond donors (Lipinski definition) is 0. The van der Waals surface area contributed by atoms with Gasteiger partial charge in [-0.3, -0.25) is 9.59 Å². The molecule has 4 atom stereocenters. The molecule has 0 spiro atoms. The van der Waals surface area contributed by atoms with Gasteiger partial charge in [-0.25, -0.2) is 0 Å². The second-order valence-electron chi connectivity index (χ2n) is 5.78. The smallest absolute Gasteiger partial charge is 0.254 e. The van der Waals surface area contributed by atoms with Crippen molar-refractivity contribution in [3.63, 3.8) is 0 Å². The van der Waals surface area contributed by atoms with Crippen LogP contribution in [-0.4, -0.2) is 23.0 Å². The molecule has 0 unspecified atom stereocenters. The number of nitrogens with zero attached hydrogens (tertiary/aromatic N) is 2. The summed E-state index contributed by atoms with van der Waals surface area (Å²) < 4.78 is 1.13. The highest BCUT2D eigenvalue weighted by atomic mass is 127. The van der Waals surface area contributed by atoms with Crippen LogP contribution in [0.25, 0.3) is 0 Å². The van der Waals surface area contributed by atoms with Gasteiger partial charge in [0.05, 0.1) is 18.1 Å². The standard InChI is InChI=1S/C16H13IN2O2/c17-12-5-1-9(2-6-12)8-18-19-15(20)13-10-3-4-11(7-10)14(13)16(19)21/h1-6,8,10-11,13-14H,7H2/t10-,11-,13-,14+/m0/s1. The Hall–Kier alpha value is -1.50. The molecular formula is C16H13IN2O2. The highest BCUT2D eigenvalue weighted by molar-refractivity contribution is 14.1. The molecule has 1 saturated heterocycles. The molecular weight excluding hydrogens is 379 g/mol. The molecule has 21 heavy (non-hydrogen) atoms. The summed E-state index contributed by atoms with van der Waals surface area (Å²) in [7, 11) is 0. The van der Waals surface area contributed by atoms with E-state index in [-0.39, 0.29) is 35.5 Å². The lowest BCUT2D eigenvalue weighted by atomic mass is 9.85. The number of fused-ring (bicyclic) bond motifs is 5. The summed E-state index contributed by atoms with van der Waals surface area (Å²) in [6, 6.07) is 7.77. The van der Waals surface area contributed by atoms with Crippen molar-refractivity contribution in [1.29, 1.82) is 0 Å². The van der Waals surface area contributed by atoms with E-state index in [1.165, 1.54) is 0 Å². The normalized spacial score (nSPS) is 33.5. The number of hydrazone groups is 1. The first kappa shape index (κ1) is 13.2. The SMILES string of the molecule is O=C1[C@@H]2[C@H](C(=O)N1N=Cc1ccc(I)cc1)[C@H]1C=C[C@H]2C1. The molecule has 5 heteroatoms. The number of benzene rings is 1. The number of amides is 2. The van der Waals surface area contributed by atoms with E-state index in [1.54, 1.807) is 6.21 Å². The molecule has 4 rings (SSSR count). The van der Waals surface area contributed by atoms with Crippen LogP contribution < -0.4 is 0 Å². The Balaban J connectivity index is 1.58. The van der Waals surface area contributed by atoms with E-state index in [1.807, 2.05) is 24.3 Å². The molecule has 1 aromatic rings. The van der Waals surface area contributed by atoms with Gasteiger partial charge in [-0.05, 0) is 58.5 Å². The molecule has 1 aromatic carbocycles. The maximum absolute atomic E-state index is 12.4. The van der Waals surface area contributed by atoms with Crippen molar-refractivity contribution in [3.05, 3.63) is 45.6 Å². The Kier molecular flexibility index (Phi) is 2.99. The van der Waals surface area contributed by atoms with Gasteiger partial charge in [-0.1, -0.05) is 24.3 Å². The van der Waals surface area contributed by atoms with Crippen LogP contribution in [0.15, 0.2) is 41.5 Å². The Morgan fingerprint density at radius 3 is 2.19 bits per heavy atom. The summed E-state index contributed by atoms with van der Waals surface area (Å²) in [5.41, 5.74) is 0.883. The third-order valence-corrected chi connectivity index (χ3v) is 5.36. The lowest BCUT2D eigenvalue weighted by Crippen LogP contribution is -2.28. The molecule has 0 radical (unpaired) electrons. The first-order valence-corrected chi connectivity index (χ1v) is 8.09. The molecule has 2 aliphatic carbocycles. The van der Waals surface area contributed by atoms with Gasteiger partial charge in [0.2, 0.25) is 0 Å². The average Bonchev–Trinajstić information content (AvgIpc) is 3.14. The summed E-state index contributed by atoms with van der Waals surface area (Å²) in [6.07, 6.45) is 6.70. The molecule has 106 valence electrons. The molecule has 0 aromatic heterocycles. The number of rotatable bonds is 2. The Labute approximate surface area is 136 Å². The van der Waals surface area contributed by atoms with E-state index in [0.717, 1.165) is 20.6 Å². The molecule has 3 aliphatic rings. The number of hydrogen-bond acceptors (Lipinski definition) is 3. The van der Waals surface area contributed by atoms with E-state index < -0.39 is 0 Å². The highest BCUT2D eigenvalue weighted by Crippen LogP contribution is 2.52. The molecule has 1 heterocycles.